The van der Waals surface area contributed by atoms with Crippen LogP contribution in [0.5, 0.6) is 0 Å². The lowest BCUT2D eigenvalue weighted by molar-refractivity contribution is 0.919. The molecule has 0 fully saturated rings. The Bertz CT molecular complexity index is 587. The van der Waals surface area contributed by atoms with Gasteiger partial charge < -0.3 is 0 Å². The Morgan fingerprint density at radius 2 is 1.94 bits per heavy atom. The molecule has 2 rings (SSSR count). The second-order valence-corrected chi connectivity index (χ2v) is 4.67. The van der Waals surface area contributed by atoms with E-state index in [-0.39, 0.29) is 0 Å². The van der Waals surface area contributed by atoms with Gasteiger partial charge in [-0.1, -0.05) is 18.2 Å². The lowest BCUT2D eigenvalue weighted by atomic mass is 10.2. The fourth-order valence-corrected chi connectivity index (χ4v) is 2.32. The molecule has 0 spiro atoms. The van der Waals surface area contributed by atoms with Gasteiger partial charge in [0.15, 0.2) is 5.16 Å². The fourth-order valence-electron chi connectivity index (χ4n) is 1.41. The molecule has 3 nitrogen and oxygen atoms in total. The molecule has 1 heterocycles. The number of rotatable bonds is 2. The highest BCUT2D eigenvalue weighted by Crippen LogP contribution is 2.27. The molecule has 0 bridgehead atoms. The van der Waals surface area contributed by atoms with Gasteiger partial charge in [0.1, 0.15) is 11.8 Å². The number of nitrogens with zero attached hydrogens (tertiary/aromatic N) is 3. The van der Waals surface area contributed by atoms with E-state index in [0.717, 1.165) is 10.6 Å². The smallest absolute Gasteiger partial charge is 0.193 e. The first-order valence-corrected chi connectivity index (χ1v) is 6.00. The van der Waals surface area contributed by atoms with Gasteiger partial charge in [-0.05, 0) is 43.3 Å². The van der Waals surface area contributed by atoms with Gasteiger partial charge in [-0.15, -0.1) is 0 Å². The summed E-state index contributed by atoms with van der Waals surface area (Å²) in [7, 11) is 0. The van der Waals surface area contributed by atoms with Crippen LogP contribution in [0.1, 0.15) is 17.0 Å². The zero-order valence-electron chi connectivity index (χ0n) is 9.64. The fraction of sp³-hybridized carbons (Fsp3) is 0.154. The summed E-state index contributed by atoms with van der Waals surface area (Å²) >= 11 is 1.48. The molecule has 1 aromatic heterocycles. The Kier molecular flexibility index (Phi) is 3.40. The number of nitriles is 1. The van der Waals surface area contributed by atoms with Crippen LogP contribution in [0.15, 0.2) is 40.4 Å². The van der Waals surface area contributed by atoms with Crippen molar-refractivity contribution in [1.82, 2.24) is 9.97 Å². The monoisotopic (exact) mass is 241 g/mol. The molecule has 17 heavy (non-hydrogen) atoms. The Morgan fingerprint density at radius 3 is 2.65 bits per heavy atom. The van der Waals surface area contributed by atoms with Gasteiger partial charge in [0.05, 0.1) is 0 Å². The van der Waals surface area contributed by atoms with Crippen molar-refractivity contribution in [3.8, 4) is 6.07 Å². The highest BCUT2D eigenvalue weighted by molar-refractivity contribution is 7.99. The first-order valence-electron chi connectivity index (χ1n) is 5.18. The molecular formula is C13H11N3S. The predicted octanol–water partition coefficient (Wildman–Crippen LogP) is 3.12. The van der Waals surface area contributed by atoms with Crippen molar-refractivity contribution in [2.24, 2.45) is 0 Å². The SMILES string of the molecule is Cc1cc(C#N)nc(Sc2ccccc2C)n1. The van der Waals surface area contributed by atoms with Crippen molar-refractivity contribution in [3.05, 3.63) is 47.3 Å². The highest BCUT2D eigenvalue weighted by Gasteiger charge is 2.05. The first kappa shape index (κ1) is 11.6. The zero-order valence-corrected chi connectivity index (χ0v) is 10.5. The first-order chi connectivity index (χ1) is 8.19. The molecule has 84 valence electrons. The highest BCUT2D eigenvalue weighted by atomic mass is 32.2. The van der Waals surface area contributed by atoms with E-state index in [1.54, 1.807) is 6.07 Å². The molecule has 0 saturated heterocycles. The van der Waals surface area contributed by atoms with Crippen LogP contribution >= 0.6 is 11.8 Å². The number of benzene rings is 1. The molecule has 0 saturated carbocycles. The molecule has 0 radical (unpaired) electrons. The molecule has 2 aromatic rings. The standard InChI is InChI=1S/C13H11N3S/c1-9-5-3-4-6-12(9)17-13-15-10(2)7-11(8-14)16-13/h3-7H,1-2H3. The van der Waals surface area contributed by atoms with Crippen molar-refractivity contribution >= 4 is 11.8 Å². The van der Waals surface area contributed by atoms with Crippen LogP contribution in [-0.2, 0) is 0 Å². The van der Waals surface area contributed by atoms with Crippen LogP contribution in [-0.4, -0.2) is 9.97 Å². The maximum Gasteiger partial charge on any atom is 0.193 e. The summed E-state index contributed by atoms with van der Waals surface area (Å²) in [5, 5.41) is 9.48. The van der Waals surface area contributed by atoms with E-state index in [9.17, 15) is 0 Å². The molecule has 1 aromatic carbocycles. The summed E-state index contributed by atoms with van der Waals surface area (Å²) < 4.78 is 0. The molecule has 0 amide bonds. The number of aryl methyl sites for hydroxylation is 2. The molecule has 0 N–H and O–H groups in total. The number of hydrogen-bond acceptors (Lipinski definition) is 4. The molecule has 0 aliphatic rings. The van der Waals surface area contributed by atoms with Gasteiger partial charge >= 0.3 is 0 Å². The topological polar surface area (TPSA) is 49.6 Å². The van der Waals surface area contributed by atoms with E-state index in [1.807, 2.05) is 44.2 Å². The Labute approximate surface area is 105 Å². The van der Waals surface area contributed by atoms with E-state index < -0.39 is 0 Å². The van der Waals surface area contributed by atoms with Crippen molar-refractivity contribution in [2.75, 3.05) is 0 Å². The van der Waals surface area contributed by atoms with E-state index in [4.69, 9.17) is 5.26 Å². The normalized spacial score (nSPS) is 9.94. The zero-order chi connectivity index (χ0) is 12.3. The average Bonchev–Trinajstić information content (AvgIpc) is 2.31. The van der Waals surface area contributed by atoms with Crippen LogP contribution in [0.25, 0.3) is 0 Å². The van der Waals surface area contributed by atoms with Gasteiger partial charge in [0, 0.05) is 10.6 Å². The van der Waals surface area contributed by atoms with Crippen LogP contribution in [0.2, 0.25) is 0 Å². The minimum Gasteiger partial charge on any atom is -0.228 e. The summed E-state index contributed by atoms with van der Waals surface area (Å²) in [4.78, 5) is 9.61. The third-order valence-electron chi connectivity index (χ3n) is 2.24. The third kappa shape index (κ3) is 2.83. The summed E-state index contributed by atoms with van der Waals surface area (Å²) in [6.45, 7) is 3.91. The molecule has 0 aliphatic heterocycles. The van der Waals surface area contributed by atoms with E-state index >= 15 is 0 Å². The van der Waals surface area contributed by atoms with Crippen LogP contribution in [0.3, 0.4) is 0 Å². The van der Waals surface area contributed by atoms with Gasteiger partial charge in [0.2, 0.25) is 0 Å². The van der Waals surface area contributed by atoms with Gasteiger partial charge in [-0.25, -0.2) is 9.97 Å². The summed E-state index contributed by atoms with van der Waals surface area (Å²) in [6.07, 6.45) is 0. The molecule has 4 heteroatoms. The summed E-state index contributed by atoms with van der Waals surface area (Å²) in [5.41, 5.74) is 2.40. The van der Waals surface area contributed by atoms with Crippen LogP contribution in [0.4, 0.5) is 0 Å². The van der Waals surface area contributed by atoms with E-state index in [1.165, 1.54) is 17.3 Å². The Hall–Kier alpha value is -1.86. The minimum atomic E-state index is 0.411. The lowest BCUT2D eigenvalue weighted by Gasteiger charge is -2.04. The van der Waals surface area contributed by atoms with Crippen molar-refractivity contribution in [2.45, 2.75) is 23.9 Å². The number of hydrogen-bond donors (Lipinski definition) is 0. The Morgan fingerprint density at radius 1 is 1.18 bits per heavy atom. The summed E-state index contributed by atoms with van der Waals surface area (Å²) in [6, 6.07) is 11.8. The second kappa shape index (κ2) is 4.98. The largest absolute Gasteiger partial charge is 0.228 e. The Balaban J connectivity index is 2.34. The van der Waals surface area contributed by atoms with Crippen molar-refractivity contribution in [1.29, 1.82) is 5.26 Å². The quantitative estimate of drug-likeness (QED) is 0.758. The van der Waals surface area contributed by atoms with Crippen molar-refractivity contribution < 1.29 is 0 Å². The lowest BCUT2D eigenvalue weighted by Crippen LogP contribution is -1.93. The van der Waals surface area contributed by atoms with E-state index in [2.05, 4.69) is 9.97 Å². The van der Waals surface area contributed by atoms with E-state index in [0.29, 0.717) is 10.9 Å². The summed E-state index contributed by atoms with van der Waals surface area (Å²) in [5.74, 6) is 0. The van der Waals surface area contributed by atoms with Crippen LogP contribution < -0.4 is 0 Å². The predicted molar refractivity (Wildman–Crippen MR) is 66.8 cm³/mol. The average molecular weight is 241 g/mol. The van der Waals surface area contributed by atoms with Crippen LogP contribution in [0, 0.1) is 25.2 Å². The third-order valence-corrected chi connectivity index (χ3v) is 3.29. The minimum absolute atomic E-state index is 0.411. The maximum absolute atomic E-state index is 8.86. The van der Waals surface area contributed by atoms with Crippen molar-refractivity contribution in [3.63, 3.8) is 0 Å². The van der Waals surface area contributed by atoms with Gasteiger partial charge in [0.25, 0.3) is 0 Å². The molecule has 0 atom stereocenters. The van der Waals surface area contributed by atoms with Gasteiger partial charge in [-0.2, -0.15) is 5.26 Å². The molecule has 0 aliphatic carbocycles. The molecular weight excluding hydrogens is 230 g/mol. The van der Waals surface area contributed by atoms with Gasteiger partial charge in [-0.3, -0.25) is 0 Å². The second-order valence-electron chi connectivity index (χ2n) is 3.66. The number of aromatic nitrogens is 2. The molecule has 0 unspecified atom stereocenters. The maximum atomic E-state index is 8.86.